The summed E-state index contributed by atoms with van der Waals surface area (Å²) in [6.07, 6.45) is 25.4. The Kier molecular flexibility index (Phi) is 10.7. The van der Waals surface area contributed by atoms with Crippen LogP contribution in [-0.2, 0) is 0 Å². The lowest BCUT2D eigenvalue weighted by molar-refractivity contribution is 1.73. The minimum Gasteiger partial charge on any atom is -0.0991 e. The van der Waals surface area contributed by atoms with Gasteiger partial charge in [0, 0.05) is 0 Å². The molecule has 0 unspecified atom stereocenters. The Morgan fingerprint density at radius 3 is 1.20 bits per heavy atom. The van der Waals surface area contributed by atoms with Gasteiger partial charge in [0.2, 0.25) is 0 Å². The van der Waals surface area contributed by atoms with Crippen molar-refractivity contribution in [3.05, 3.63) is 85.6 Å². The summed E-state index contributed by atoms with van der Waals surface area (Å²) >= 11 is 0. The maximum Gasteiger partial charge on any atom is -0.0467 e. The van der Waals surface area contributed by atoms with Crippen LogP contribution in [0.15, 0.2) is 85.6 Å². The van der Waals surface area contributed by atoms with Gasteiger partial charge in [-0.2, -0.15) is 0 Å². The highest BCUT2D eigenvalue weighted by Gasteiger charge is 1.62. The van der Waals surface area contributed by atoms with Gasteiger partial charge in [-0.3, -0.25) is 0 Å². The van der Waals surface area contributed by atoms with Crippen molar-refractivity contribution in [3.63, 3.8) is 0 Å². The number of hydrogen-bond acceptors (Lipinski definition) is 0. The molecule has 15 heavy (non-hydrogen) atoms. The predicted molar refractivity (Wildman–Crippen MR) is 70.7 cm³/mol. The van der Waals surface area contributed by atoms with Gasteiger partial charge < -0.3 is 0 Å². The second-order valence-corrected chi connectivity index (χ2v) is 2.69. The lowest BCUT2D eigenvalue weighted by Gasteiger charge is -1.74. The molecular formula is C15H18. The van der Waals surface area contributed by atoms with Gasteiger partial charge in [0.1, 0.15) is 0 Å². The van der Waals surface area contributed by atoms with Crippen LogP contribution in [0.2, 0.25) is 0 Å². The Labute approximate surface area is 93.0 Å². The number of rotatable bonds is 6. The van der Waals surface area contributed by atoms with E-state index in [2.05, 4.69) is 6.58 Å². The van der Waals surface area contributed by atoms with Crippen molar-refractivity contribution in [3.8, 4) is 0 Å². The Morgan fingerprint density at radius 1 is 0.533 bits per heavy atom. The first-order chi connectivity index (χ1) is 7.41. The van der Waals surface area contributed by atoms with Crippen LogP contribution in [0.3, 0.4) is 0 Å². The Morgan fingerprint density at radius 2 is 0.867 bits per heavy atom. The molecule has 0 spiro atoms. The van der Waals surface area contributed by atoms with Crippen molar-refractivity contribution < 1.29 is 0 Å². The molecule has 0 nitrogen and oxygen atoms in total. The molecule has 0 atom stereocenters. The minimum atomic E-state index is 1.75. The highest BCUT2D eigenvalue weighted by molar-refractivity contribution is 5.19. The van der Waals surface area contributed by atoms with Crippen LogP contribution < -0.4 is 0 Å². The SMILES string of the molecule is C=CC=CC=CC=CC=CC=CC=CC. The van der Waals surface area contributed by atoms with E-state index in [1.165, 1.54) is 0 Å². The van der Waals surface area contributed by atoms with Crippen LogP contribution in [0.5, 0.6) is 0 Å². The maximum atomic E-state index is 3.58. The van der Waals surface area contributed by atoms with Crippen molar-refractivity contribution >= 4 is 0 Å². The molecule has 0 aromatic rings. The highest BCUT2D eigenvalue weighted by atomic mass is 13.7. The first-order valence-electron chi connectivity index (χ1n) is 4.99. The summed E-state index contributed by atoms with van der Waals surface area (Å²) in [5.41, 5.74) is 0. The molecule has 0 rings (SSSR count). The fourth-order valence-electron chi connectivity index (χ4n) is 0.767. The molecule has 0 radical (unpaired) electrons. The third-order valence-corrected chi connectivity index (χ3v) is 1.44. The topological polar surface area (TPSA) is 0 Å². The Hall–Kier alpha value is -1.82. The average molecular weight is 198 g/mol. The Balaban J connectivity index is 3.74. The Bertz CT molecular complexity index is 307. The third-order valence-electron chi connectivity index (χ3n) is 1.44. The molecule has 0 aromatic carbocycles. The predicted octanol–water partition coefficient (Wildman–Crippen LogP) is 4.53. The molecule has 0 saturated heterocycles. The van der Waals surface area contributed by atoms with Crippen LogP contribution in [0.25, 0.3) is 0 Å². The van der Waals surface area contributed by atoms with Gasteiger partial charge >= 0.3 is 0 Å². The summed E-state index contributed by atoms with van der Waals surface area (Å²) in [6, 6.07) is 0. The molecule has 0 aliphatic rings. The molecule has 0 heterocycles. The number of allylic oxidation sites excluding steroid dienone is 13. The van der Waals surface area contributed by atoms with Crippen LogP contribution in [0, 0.1) is 0 Å². The van der Waals surface area contributed by atoms with Gasteiger partial charge in [-0.25, -0.2) is 0 Å². The molecular weight excluding hydrogens is 180 g/mol. The van der Waals surface area contributed by atoms with Gasteiger partial charge in [-0.1, -0.05) is 85.6 Å². The summed E-state index contributed by atoms with van der Waals surface area (Å²) < 4.78 is 0. The van der Waals surface area contributed by atoms with E-state index >= 15 is 0 Å². The second kappa shape index (κ2) is 12.2. The molecule has 78 valence electrons. The second-order valence-electron chi connectivity index (χ2n) is 2.69. The van der Waals surface area contributed by atoms with E-state index in [9.17, 15) is 0 Å². The van der Waals surface area contributed by atoms with E-state index < -0.39 is 0 Å². The lowest BCUT2D eigenvalue weighted by Crippen LogP contribution is -1.52. The van der Waals surface area contributed by atoms with E-state index in [0.29, 0.717) is 0 Å². The molecule has 0 fully saturated rings. The van der Waals surface area contributed by atoms with Crippen molar-refractivity contribution in [1.29, 1.82) is 0 Å². The summed E-state index contributed by atoms with van der Waals surface area (Å²) in [5, 5.41) is 0. The van der Waals surface area contributed by atoms with Gasteiger partial charge in [0.15, 0.2) is 0 Å². The van der Waals surface area contributed by atoms with E-state index in [1.54, 1.807) is 6.08 Å². The summed E-state index contributed by atoms with van der Waals surface area (Å²) in [7, 11) is 0. The maximum absolute atomic E-state index is 3.58. The summed E-state index contributed by atoms with van der Waals surface area (Å²) in [5.74, 6) is 0. The molecule has 0 heteroatoms. The molecule has 0 N–H and O–H groups in total. The van der Waals surface area contributed by atoms with Gasteiger partial charge in [0.25, 0.3) is 0 Å². The van der Waals surface area contributed by atoms with E-state index in [1.807, 2.05) is 79.8 Å². The first-order valence-corrected chi connectivity index (χ1v) is 4.99. The molecule has 0 bridgehead atoms. The van der Waals surface area contributed by atoms with Gasteiger partial charge in [-0.15, -0.1) is 0 Å². The molecule has 0 aliphatic carbocycles. The molecule has 0 saturated carbocycles. The highest BCUT2D eigenvalue weighted by Crippen LogP contribution is 1.84. The largest absolute Gasteiger partial charge is 0.0991 e. The van der Waals surface area contributed by atoms with E-state index in [0.717, 1.165) is 0 Å². The normalized spacial score (nSPS) is 13.7. The van der Waals surface area contributed by atoms with Crippen molar-refractivity contribution in [2.45, 2.75) is 6.92 Å². The zero-order valence-corrected chi connectivity index (χ0v) is 9.21. The van der Waals surface area contributed by atoms with Crippen molar-refractivity contribution in [1.82, 2.24) is 0 Å². The lowest BCUT2D eigenvalue weighted by atomic mass is 10.3. The first kappa shape index (κ1) is 13.2. The fraction of sp³-hybridized carbons (Fsp3) is 0.0667. The third kappa shape index (κ3) is 12.2. The summed E-state index contributed by atoms with van der Waals surface area (Å²) in [6.45, 7) is 5.58. The van der Waals surface area contributed by atoms with Crippen molar-refractivity contribution in [2.75, 3.05) is 0 Å². The van der Waals surface area contributed by atoms with Crippen LogP contribution in [0.1, 0.15) is 6.92 Å². The molecule has 0 aromatic heterocycles. The zero-order chi connectivity index (χ0) is 11.2. The van der Waals surface area contributed by atoms with Gasteiger partial charge in [0.05, 0.1) is 0 Å². The van der Waals surface area contributed by atoms with Crippen LogP contribution in [0.4, 0.5) is 0 Å². The van der Waals surface area contributed by atoms with Crippen molar-refractivity contribution in [2.24, 2.45) is 0 Å². The van der Waals surface area contributed by atoms with Crippen LogP contribution in [-0.4, -0.2) is 0 Å². The van der Waals surface area contributed by atoms with Crippen LogP contribution >= 0.6 is 0 Å². The van der Waals surface area contributed by atoms with Gasteiger partial charge in [-0.05, 0) is 6.92 Å². The fourth-order valence-corrected chi connectivity index (χ4v) is 0.767. The molecule has 0 amide bonds. The smallest absolute Gasteiger partial charge is 0.0467 e. The monoisotopic (exact) mass is 198 g/mol. The van der Waals surface area contributed by atoms with E-state index in [4.69, 9.17) is 0 Å². The zero-order valence-electron chi connectivity index (χ0n) is 9.21. The molecule has 0 aliphatic heterocycles. The minimum absolute atomic E-state index is 1.75. The quantitative estimate of drug-likeness (QED) is 0.550. The standard InChI is InChI=1S/C15H18/c1-3-5-7-9-11-13-15-14-12-10-8-6-4-2/h3-15H,1H2,2H3. The summed E-state index contributed by atoms with van der Waals surface area (Å²) in [4.78, 5) is 0. The number of hydrogen-bond donors (Lipinski definition) is 0. The van der Waals surface area contributed by atoms with E-state index in [-0.39, 0.29) is 0 Å². The average Bonchev–Trinajstić information content (AvgIpc) is 2.26.